The zero-order chi connectivity index (χ0) is 7.40. The van der Waals surface area contributed by atoms with E-state index in [-0.39, 0.29) is 0 Å². The highest BCUT2D eigenvalue weighted by atomic mass is 14.8. The number of nitrogens with one attached hydrogen (secondary N) is 1. The third-order valence-electron chi connectivity index (χ3n) is 1.42. The standard InChI is InChI=1S/C8H12N2/c1-10-8-4-2-3-7(9)5-6-8/h2,4-6,10H,3,9H2,1H3. The highest BCUT2D eigenvalue weighted by molar-refractivity contribution is 5.28. The van der Waals surface area contributed by atoms with Gasteiger partial charge in [-0.3, -0.25) is 0 Å². The van der Waals surface area contributed by atoms with Crippen molar-refractivity contribution >= 4 is 0 Å². The molecule has 0 aliphatic heterocycles. The van der Waals surface area contributed by atoms with E-state index in [2.05, 4.69) is 5.32 Å². The van der Waals surface area contributed by atoms with Gasteiger partial charge in [-0.25, -0.2) is 0 Å². The lowest BCUT2D eigenvalue weighted by Gasteiger charge is -1.94. The molecule has 0 saturated heterocycles. The number of rotatable bonds is 1. The molecule has 0 fully saturated rings. The van der Waals surface area contributed by atoms with Gasteiger partial charge in [0.25, 0.3) is 0 Å². The quantitative estimate of drug-likeness (QED) is 0.562. The summed E-state index contributed by atoms with van der Waals surface area (Å²) < 4.78 is 0. The molecule has 0 saturated carbocycles. The van der Waals surface area contributed by atoms with E-state index in [1.807, 2.05) is 31.4 Å². The number of nitrogens with two attached hydrogens (primary N) is 1. The second-order valence-corrected chi connectivity index (χ2v) is 2.22. The fourth-order valence-electron chi connectivity index (χ4n) is 0.809. The van der Waals surface area contributed by atoms with Crippen molar-refractivity contribution in [2.24, 2.45) is 5.73 Å². The zero-order valence-corrected chi connectivity index (χ0v) is 6.09. The van der Waals surface area contributed by atoms with Gasteiger partial charge < -0.3 is 11.1 Å². The Morgan fingerprint density at radius 3 is 3.00 bits per heavy atom. The summed E-state index contributed by atoms with van der Waals surface area (Å²) in [6, 6.07) is 0. The predicted octanol–water partition coefficient (Wildman–Crippen LogP) is 0.892. The van der Waals surface area contributed by atoms with Gasteiger partial charge in [0.1, 0.15) is 0 Å². The number of likely N-dealkylation sites (N-methyl/N-ethyl adjacent to an activating group) is 1. The van der Waals surface area contributed by atoms with Crippen LogP contribution in [0.5, 0.6) is 0 Å². The van der Waals surface area contributed by atoms with Crippen LogP contribution >= 0.6 is 0 Å². The van der Waals surface area contributed by atoms with Crippen molar-refractivity contribution in [1.82, 2.24) is 5.32 Å². The van der Waals surface area contributed by atoms with Crippen molar-refractivity contribution in [3.63, 3.8) is 0 Å². The van der Waals surface area contributed by atoms with Gasteiger partial charge in [-0.05, 0) is 18.2 Å². The minimum absolute atomic E-state index is 0.849. The molecule has 0 amide bonds. The Morgan fingerprint density at radius 2 is 2.30 bits per heavy atom. The van der Waals surface area contributed by atoms with Crippen LogP contribution in [-0.2, 0) is 0 Å². The first-order valence-electron chi connectivity index (χ1n) is 3.33. The minimum Gasteiger partial charge on any atom is -0.402 e. The first-order valence-corrected chi connectivity index (χ1v) is 3.33. The van der Waals surface area contributed by atoms with Gasteiger partial charge in [-0.15, -0.1) is 0 Å². The van der Waals surface area contributed by atoms with Gasteiger partial charge in [0, 0.05) is 24.9 Å². The van der Waals surface area contributed by atoms with Crippen molar-refractivity contribution in [2.45, 2.75) is 6.42 Å². The topological polar surface area (TPSA) is 38.0 Å². The van der Waals surface area contributed by atoms with E-state index >= 15 is 0 Å². The molecular weight excluding hydrogens is 124 g/mol. The molecule has 0 unspecified atom stereocenters. The van der Waals surface area contributed by atoms with E-state index in [0.717, 1.165) is 17.8 Å². The Hall–Kier alpha value is -1.18. The molecule has 2 heteroatoms. The average molecular weight is 136 g/mol. The highest BCUT2D eigenvalue weighted by Gasteiger charge is 1.91. The van der Waals surface area contributed by atoms with Crippen LogP contribution in [0.3, 0.4) is 0 Å². The maximum atomic E-state index is 5.59. The molecule has 0 aromatic carbocycles. The first-order chi connectivity index (χ1) is 4.83. The largest absolute Gasteiger partial charge is 0.402 e. The summed E-state index contributed by atoms with van der Waals surface area (Å²) in [5, 5.41) is 3.04. The molecule has 1 aliphatic rings. The second kappa shape index (κ2) is 3.11. The molecule has 1 rings (SSSR count). The maximum absolute atomic E-state index is 5.59. The lowest BCUT2D eigenvalue weighted by atomic mass is 10.3. The Morgan fingerprint density at radius 1 is 1.50 bits per heavy atom. The van der Waals surface area contributed by atoms with Gasteiger partial charge in [-0.1, -0.05) is 6.08 Å². The normalized spacial score (nSPS) is 17.3. The van der Waals surface area contributed by atoms with E-state index in [0.29, 0.717) is 0 Å². The van der Waals surface area contributed by atoms with Crippen molar-refractivity contribution in [2.75, 3.05) is 7.05 Å². The van der Waals surface area contributed by atoms with Gasteiger partial charge >= 0.3 is 0 Å². The molecule has 0 aromatic heterocycles. The smallest absolute Gasteiger partial charge is 0.0335 e. The highest BCUT2D eigenvalue weighted by Crippen LogP contribution is 2.03. The van der Waals surface area contributed by atoms with Gasteiger partial charge in [-0.2, -0.15) is 0 Å². The zero-order valence-electron chi connectivity index (χ0n) is 6.09. The van der Waals surface area contributed by atoms with Gasteiger partial charge in [0.05, 0.1) is 0 Å². The lowest BCUT2D eigenvalue weighted by molar-refractivity contribution is 1.03. The van der Waals surface area contributed by atoms with Crippen molar-refractivity contribution in [3.05, 3.63) is 35.7 Å². The Balaban J connectivity index is 2.75. The molecule has 0 radical (unpaired) electrons. The molecule has 3 N–H and O–H groups in total. The number of hydrogen-bond acceptors (Lipinski definition) is 2. The summed E-state index contributed by atoms with van der Waals surface area (Å²) in [6.45, 7) is 0. The SMILES string of the molecule is CNC1=CC=C(N)CC=C1. The van der Waals surface area contributed by atoms with E-state index in [1.54, 1.807) is 0 Å². The molecular formula is C8H12N2. The van der Waals surface area contributed by atoms with E-state index in [9.17, 15) is 0 Å². The second-order valence-electron chi connectivity index (χ2n) is 2.22. The van der Waals surface area contributed by atoms with Crippen LogP contribution in [0.4, 0.5) is 0 Å². The molecule has 10 heavy (non-hydrogen) atoms. The van der Waals surface area contributed by atoms with Crippen molar-refractivity contribution < 1.29 is 0 Å². The third-order valence-corrected chi connectivity index (χ3v) is 1.42. The molecule has 0 aromatic rings. The summed E-state index contributed by atoms with van der Waals surface area (Å²) in [4.78, 5) is 0. The molecule has 0 atom stereocenters. The summed E-state index contributed by atoms with van der Waals surface area (Å²) in [5.74, 6) is 0. The molecule has 0 bridgehead atoms. The Bertz CT molecular complexity index is 199. The van der Waals surface area contributed by atoms with E-state index < -0.39 is 0 Å². The van der Waals surface area contributed by atoms with E-state index in [1.165, 1.54) is 0 Å². The van der Waals surface area contributed by atoms with Crippen LogP contribution in [0.2, 0.25) is 0 Å². The summed E-state index contributed by atoms with van der Waals surface area (Å²) in [5.41, 5.74) is 7.59. The maximum Gasteiger partial charge on any atom is 0.0335 e. The fraction of sp³-hybridized carbons (Fsp3) is 0.250. The Labute approximate surface area is 61.1 Å². The van der Waals surface area contributed by atoms with Crippen LogP contribution in [0.1, 0.15) is 6.42 Å². The minimum atomic E-state index is 0.849. The molecule has 1 aliphatic carbocycles. The van der Waals surface area contributed by atoms with Crippen molar-refractivity contribution in [1.29, 1.82) is 0 Å². The Kier molecular flexibility index (Phi) is 2.15. The summed E-state index contributed by atoms with van der Waals surface area (Å²) >= 11 is 0. The van der Waals surface area contributed by atoms with E-state index in [4.69, 9.17) is 5.73 Å². The monoisotopic (exact) mass is 136 g/mol. The van der Waals surface area contributed by atoms with Crippen LogP contribution < -0.4 is 11.1 Å². The number of hydrogen-bond donors (Lipinski definition) is 2. The first kappa shape index (κ1) is 6.93. The number of allylic oxidation sites excluding steroid dienone is 4. The third kappa shape index (κ3) is 1.65. The predicted molar refractivity (Wildman–Crippen MR) is 43.2 cm³/mol. The van der Waals surface area contributed by atoms with Crippen LogP contribution in [0.15, 0.2) is 35.7 Å². The average Bonchev–Trinajstić information content (AvgIpc) is 2.14. The fourth-order valence-corrected chi connectivity index (χ4v) is 0.809. The van der Waals surface area contributed by atoms with Gasteiger partial charge in [0.2, 0.25) is 0 Å². The lowest BCUT2D eigenvalue weighted by Crippen LogP contribution is -2.01. The summed E-state index contributed by atoms with van der Waals surface area (Å²) in [6.07, 6.45) is 8.81. The molecule has 0 spiro atoms. The van der Waals surface area contributed by atoms with Crippen LogP contribution in [-0.4, -0.2) is 7.05 Å². The van der Waals surface area contributed by atoms with Crippen molar-refractivity contribution in [3.8, 4) is 0 Å². The molecule has 54 valence electrons. The van der Waals surface area contributed by atoms with Gasteiger partial charge in [0.15, 0.2) is 0 Å². The van der Waals surface area contributed by atoms with Crippen LogP contribution in [0, 0.1) is 0 Å². The molecule has 2 nitrogen and oxygen atoms in total. The molecule has 0 heterocycles. The summed E-state index contributed by atoms with van der Waals surface area (Å²) in [7, 11) is 1.89. The van der Waals surface area contributed by atoms with Crippen LogP contribution in [0.25, 0.3) is 0 Å².